The third-order valence-corrected chi connectivity index (χ3v) is 5.36. The zero-order valence-corrected chi connectivity index (χ0v) is 16.6. The molecule has 0 saturated heterocycles. The van der Waals surface area contributed by atoms with E-state index in [-0.39, 0.29) is 17.3 Å². The Balaban J connectivity index is 1.72. The molecule has 0 aliphatic rings. The van der Waals surface area contributed by atoms with E-state index in [1.165, 1.54) is 25.6 Å². The van der Waals surface area contributed by atoms with Gasteiger partial charge in [-0.3, -0.25) is 14.5 Å². The lowest BCUT2D eigenvalue weighted by Crippen LogP contribution is -2.25. The number of carbonyl (C=O) groups is 1. The Morgan fingerprint density at radius 2 is 1.76 bits per heavy atom. The van der Waals surface area contributed by atoms with Crippen LogP contribution in [0.5, 0.6) is 5.75 Å². The predicted molar refractivity (Wildman–Crippen MR) is 111 cm³/mol. The van der Waals surface area contributed by atoms with Crippen LogP contribution in [0.15, 0.2) is 73.1 Å². The smallest absolute Gasteiger partial charge is 0.251 e. The van der Waals surface area contributed by atoms with Crippen LogP contribution < -0.4 is 14.8 Å². The van der Waals surface area contributed by atoms with E-state index in [0.717, 1.165) is 5.56 Å². The summed E-state index contributed by atoms with van der Waals surface area (Å²) in [6, 6.07) is 17.7. The maximum Gasteiger partial charge on any atom is 0.251 e. The van der Waals surface area contributed by atoms with Gasteiger partial charge in [0.2, 0.25) is 10.0 Å². The van der Waals surface area contributed by atoms with Crippen LogP contribution in [0.1, 0.15) is 21.5 Å². The second kappa shape index (κ2) is 9.20. The number of ether oxygens (including phenoxy) is 1. The van der Waals surface area contributed by atoms with Crippen molar-refractivity contribution >= 4 is 21.6 Å². The van der Waals surface area contributed by atoms with Crippen LogP contribution in [-0.4, -0.2) is 26.4 Å². The molecular weight excluding hydrogens is 390 g/mol. The van der Waals surface area contributed by atoms with E-state index in [0.29, 0.717) is 23.4 Å². The van der Waals surface area contributed by atoms with E-state index in [4.69, 9.17) is 4.74 Å². The van der Waals surface area contributed by atoms with Crippen molar-refractivity contribution in [2.75, 3.05) is 11.8 Å². The second-order valence-electron chi connectivity index (χ2n) is 6.30. The van der Waals surface area contributed by atoms with Crippen LogP contribution >= 0.6 is 0 Å². The van der Waals surface area contributed by atoms with Crippen molar-refractivity contribution in [1.82, 2.24) is 10.3 Å². The fourth-order valence-corrected chi connectivity index (χ4v) is 3.95. The number of carbonyl (C=O) groups excluding carboxylic acids is 1. The van der Waals surface area contributed by atoms with Gasteiger partial charge in [0.25, 0.3) is 5.91 Å². The van der Waals surface area contributed by atoms with E-state index in [1.807, 2.05) is 30.3 Å². The Morgan fingerprint density at radius 3 is 2.52 bits per heavy atom. The predicted octanol–water partition coefficient (Wildman–Crippen LogP) is 2.96. The molecule has 3 rings (SSSR count). The number of methoxy groups -OCH3 is 1. The Bertz CT molecular complexity index is 1090. The molecule has 0 bridgehead atoms. The molecule has 1 heterocycles. The third kappa shape index (κ3) is 5.79. The number of nitrogens with one attached hydrogen (secondary N) is 2. The highest BCUT2D eigenvalue weighted by molar-refractivity contribution is 7.91. The number of hydrogen-bond acceptors (Lipinski definition) is 5. The summed E-state index contributed by atoms with van der Waals surface area (Å²) >= 11 is 0. The van der Waals surface area contributed by atoms with Crippen LogP contribution in [0.2, 0.25) is 0 Å². The lowest BCUT2D eigenvalue weighted by Gasteiger charge is -2.12. The first-order valence-corrected chi connectivity index (χ1v) is 10.5. The number of sulfonamides is 1. The van der Waals surface area contributed by atoms with Gasteiger partial charge in [-0.1, -0.05) is 48.5 Å². The Kier molecular flexibility index (Phi) is 6.46. The Hall–Kier alpha value is -3.39. The minimum atomic E-state index is -3.76. The molecule has 0 fully saturated rings. The zero-order valence-electron chi connectivity index (χ0n) is 15.8. The quantitative estimate of drug-likeness (QED) is 0.594. The monoisotopic (exact) mass is 411 g/mol. The fraction of sp³-hybridized carbons (Fsp3) is 0.143. The Morgan fingerprint density at radius 1 is 1.03 bits per heavy atom. The third-order valence-electron chi connectivity index (χ3n) is 4.13. The summed E-state index contributed by atoms with van der Waals surface area (Å²) < 4.78 is 32.7. The van der Waals surface area contributed by atoms with Gasteiger partial charge in [0.15, 0.2) is 0 Å². The average Bonchev–Trinajstić information content (AvgIpc) is 2.72. The first-order chi connectivity index (χ1) is 14.0. The maximum absolute atomic E-state index is 12.6. The lowest BCUT2D eigenvalue weighted by molar-refractivity contribution is 0.0950. The van der Waals surface area contributed by atoms with Crippen LogP contribution in [0.4, 0.5) is 5.69 Å². The number of benzene rings is 2. The van der Waals surface area contributed by atoms with E-state index in [1.54, 1.807) is 24.3 Å². The topological polar surface area (TPSA) is 97.4 Å². The van der Waals surface area contributed by atoms with Gasteiger partial charge in [-0.15, -0.1) is 0 Å². The van der Waals surface area contributed by atoms with Crippen molar-refractivity contribution in [1.29, 1.82) is 0 Å². The largest absolute Gasteiger partial charge is 0.495 e. The maximum atomic E-state index is 12.6. The van der Waals surface area contributed by atoms with Gasteiger partial charge in [0, 0.05) is 18.2 Å². The average molecular weight is 411 g/mol. The van der Waals surface area contributed by atoms with E-state index < -0.39 is 10.0 Å². The molecule has 1 amide bonds. The molecule has 0 unspecified atom stereocenters. The molecule has 8 heteroatoms. The molecular formula is C21H21N3O4S. The number of pyridine rings is 1. The minimum Gasteiger partial charge on any atom is -0.495 e. The van der Waals surface area contributed by atoms with Gasteiger partial charge < -0.3 is 10.1 Å². The SMILES string of the molecule is COc1cncc(NS(=O)(=O)Cc2ccccc2C(=O)NCc2ccccc2)c1. The van der Waals surface area contributed by atoms with Gasteiger partial charge in [0.1, 0.15) is 5.75 Å². The minimum absolute atomic E-state index is 0.287. The first-order valence-electron chi connectivity index (χ1n) is 8.86. The summed E-state index contributed by atoms with van der Waals surface area (Å²) in [6.45, 7) is 0.356. The van der Waals surface area contributed by atoms with Crippen molar-refractivity contribution in [3.05, 3.63) is 89.7 Å². The van der Waals surface area contributed by atoms with Crippen LogP contribution in [0, 0.1) is 0 Å². The highest BCUT2D eigenvalue weighted by atomic mass is 32.2. The van der Waals surface area contributed by atoms with Crippen molar-refractivity contribution in [3.8, 4) is 5.75 Å². The fourth-order valence-electron chi connectivity index (χ4n) is 2.75. The second-order valence-corrected chi connectivity index (χ2v) is 8.02. The summed E-state index contributed by atoms with van der Waals surface area (Å²) in [5.41, 5.74) is 1.97. The highest BCUT2D eigenvalue weighted by Crippen LogP contribution is 2.19. The first kappa shape index (κ1) is 20.3. The molecule has 0 spiro atoms. The van der Waals surface area contributed by atoms with Gasteiger partial charge in [-0.2, -0.15) is 0 Å². The Labute approximate surface area is 169 Å². The number of aromatic nitrogens is 1. The summed E-state index contributed by atoms with van der Waals surface area (Å²) in [7, 11) is -2.29. The highest BCUT2D eigenvalue weighted by Gasteiger charge is 2.18. The van der Waals surface area contributed by atoms with E-state index in [9.17, 15) is 13.2 Å². The molecule has 0 radical (unpaired) electrons. The summed E-state index contributed by atoms with van der Waals surface area (Å²) in [4.78, 5) is 16.5. The van der Waals surface area contributed by atoms with Crippen LogP contribution in [0.25, 0.3) is 0 Å². The molecule has 0 aliphatic carbocycles. The standard InChI is InChI=1S/C21H21N3O4S/c1-28-19-11-18(13-22-14-19)24-29(26,27)15-17-9-5-6-10-20(17)21(25)23-12-16-7-3-2-4-8-16/h2-11,13-14,24H,12,15H2,1H3,(H,23,25). The zero-order chi connectivity index (χ0) is 20.7. The molecule has 0 atom stereocenters. The van der Waals surface area contributed by atoms with Gasteiger partial charge in [-0.25, -0.2) is 8.42 Å². The summed E-state index contributed by atoms with van der Waals surface area (Å²) in [6.07, 6.45) is 2.86. The van der Waals surface area contributed by atoms with Crippen LogP contribution in [0.3, 0.4) is 0 Å². The number of nitrogens with zero attached hydrogens (tertiary/aromatic N) is 1. The van der Waals surface area contributed by atoms with Crippen molar-refractivity contribution in [3.63, 3.8) is 0 Å². The molecule has 2 aromatic carbocycles. The van der Waals surface area contributed by atoms with Crippen molar-refractivity contribution in [2.24, 2.45) is 0 Å². The van der Waals surface area contributed by atoms with Gasteiger partial charge in [0.05, 0.1) is 30.9 Å². The summed E-state index contributed by atoms with van der Waals surface area (Å²) in [5.74, 6) is -0.243. The molecule has 0 aliphatic heterocycles. The number of amides is 1. The molecule has 29 heavy (non-hydrogen) atoms. The molecule has 2 N–H and O–H groups in total. The molecule has 1 aromatic heterocycles. The normalized spacial score (nSPS) is 10.9. The number of rotatable bonds is 8. The number of hydrogen-bond donors (Lipinski definition) is 2. The van der Waals surface area contributed by atoms with Crippen molar-refractivity contribution < 1.29 is 17.9 Å². The van der Waals surface area contributed by atoms with Crippen molar-refractivity contribution in [2.45, 2.75) is 12.3 Å². The van der Waals surface area contributed by atoms with Crippen LogP contribution in [-0.2, 0) is 22.3 Å². The van der Waals surface area contributed by atoms with E-state index >= 15 is 0 Å². The van der Waals surface area contributed by atoms with Gasteiger partial charge in [-0.05, 0) is 17.2 Å². The molecule has 150 valence electrons. The van der Waals surface area contributed by atoms with E-state index in [2.05, 4.69) is 15.0 Å². The van der Waals surface area contributed by atoms with Gasteiger partial charge >= 0.3 is 0 Å². The summed E-state index contributed by atoms with van der Waals surface area (Å²) in [5, 5.41) is 2.83. The lowest BCUT2D eigenvalue weighted by atomic mass is 10.1. The number of anilines is 1. The molecule has 7 nitrogen and oxygen atoms in total. The molecule has 0 saturated carbocycles. The molecule has 3 aromatic rings.